The number of hydrogen-bond acceptors (Lipinski definition) is 4. The first-order valence-corrected chi connectivity index (χ1v) is 6.92. The van der Waals surface area contributed by atoms with Crippen molar-refractivity contribution in [2.75, 3.05) is 0 Å². The van der Waals surface area contributed by atoms with Gasteiger partial charge < -0.3 is 0 Å². The van der Waals surface area contributed by atoms with Crippen LogP contribution in [0.5, 0.6) is 0 Å². The summed E-state index contributed by atoms with van der Waals surface area (Å²) in [6.07, 6.45) is 1.69. The number of nitrogens with zero attached hydrogens (tertiary/aromatic N) is 4. The van der Waals surface area contributed by atoms with Gasteiger partial charge in [0.2, 0.25) is 10.6 Å². The van der Waals surface area contributed by atoms with Crippen molar-refractivity contribution in [3.05, 3.63) is 51.4 Å². The van der Waals surface area contributed by atoms with Crippen LogP contribution in [-0.4, -0.2) is 31.3 Å². The fraction of sp³-hybridized carbons (Fsp3) is 0.0769. The van der Waals surface area contributed by atoms with Crippen LogP contribution in [0.1, 0.15) is 11.3 Å². The lowest BCUT2D eigenvalue weighted by Crippen LogP contribution is -1.95. The van der Waals surface area contributed by atoms with E-state index in [1.165, 1.54) is 4.68 Å². The summed E-state index contributed by atoms with van der Waals surface area (Å²) in [6, 6.07) is 9.21. The smallest absolute Gasteiger partial charge is 0.216 e. The zero-order valence-electron chi connectivity index (χ0n) is 11.0. The second-order valence-electron chi connectivity index (χ2n) is 4.40. The number of benzene rings is 1. The molecule has 8 heteroatoms. The summed E-state index contributed by atoms with van der Waals surface area (Å²) in [7, 11) is 0. The lowest BCUT2D eigenvalue weighted by molar-refractivity contribution is 0.865. The van der Waals surface area contributed by atoms with Crippen LogP contribution >= 0.6 is 23.8 Å². The average Bonchev–Trinajstić information content (AvgIpc) is 3.05. The number of aromatic nitrogens is 5. The second kappa shape index (κ2) is 5.63. The molecule has 6 nitrogen and oxygen atoms in total. The van der Waals surface area contributed by atoms with Crippen LogP contribution < -0.4 is 0 Å². The Morgan fingerprint density at radius 3 is 2.67 bits per heavy atom. The maximum absolute atomic E-state index is 5.85. The van der Waals surface area contributed by atoms with Gasteiger partial charge in [-0.15, -0.1) is 0 Å². The Bertz CT molecular complexity index is 842. The van der Waals surface area contributed by atoms with E-state index in [0.717, 1.165) is 11.3 Å². The third-order valence-electron chi connectivity index (χ3n) is 2.78. The van der Waals surface area contributed by atoms with Gasteiger partial charge in [-0.2, -0.15) is 20.0 Å². The monoisotopic (exact) mass is 318 g/mol. The van der Waals surface area contributed by atoms with Crippen molar-refractivity contribution in [3.63, 3.8) is 0 Å². The van der Waals surface area contributed by atoms with Gasteiger partial charge in [0.1, 0.15) is 5.69 Å². The van der Waals surface area contributed by atoms with Gasteiger partial charge in [-0.25, -0.2) is 5.10 Å². The molecule has 3 rings (SSSR count). The molecule has 0 spiro atoms. The van der Waals surface area contributed by atoms with E-state index in [9.17, 15) is 0 Å². The minimum absolute atomic E-state index is 0.399. The van der Waals surface area contributed by atoms with Crippen LogP contribution in [0.3, 0.4) is 0 Å². The van der Waals surface area contributed by atoms with Crippen LogP contribution in [0.4, 0.5) is 0 Å². The van der Waals surface area contributed by atoms with Gasteiger partial charge in [0.15, 0.2) is 0 Å². The standard InChI is InChI=1S/C13H11ClN6S/c1-8-6-11(17-16-8)12-18-19-13(21)20(12)15-7-9-2-4-10(14)5-3-9/h2-7H,1H3,(H,16,17)(H,19,21)/b15-7-. The van der Waals surface area contributed by atoms with Crippen molar-refractivity contribution < 1.29 is 0 Å². The van der Waals surface area contributed by atoms with Crippen molar-refractivity contribution in [1.82, 2.24) is 25.1 Å². The highest BCUT2D eigenvalue weighted by Crippen LogP contribution is 2.15. The first-order valence-electron chi connectivity index (χ1n) is 6.13. The Labute approximate surface area is 130 Å². The molecule has 2 heterocycles. The van der Waals surface area contributed by atoms with Gasteiger partial charge in [-0.3, -0.25) is 5.10 Å². The van der Waals surface area contributed by atoms with E-state index in [1.807, 2.05) is 25.1 Å². The Morgan fingerprint density at radius 1 is 1.24 bits per heavy atom. The van der Waals surface area contributed by atoms with Gasteiger partial charge in [0.05, 0.1) is 6.21 Å². The first-order chi connectivity index (χ1) is 10.1. The van der Waals surface area contributed by atoms with E-state index in [1.54, 1.807) is 18.3 Å². The maximum Gasteiger partial charge on any atom is 0.216 e. The van der Waals surface area contributed by atoms with Crippen molar-refractivity contribution in [2.24, 2.45) is 5.10 Å². The fourth-order valence-electron chi connectivity index (χ4n) is 1.77. The van der Waals surface area contributed by atoms with Gasteiger partial charge in [0.25, 0.3) is 0 Å². The third kappa shape index (κ3) is 2.93. The molecule has 0 radical (unpaired) electrons. The molecular formula is C13H11ClN6S. The molecule has 0 unspecified atom stereocenters. The van der Waals surface area contributed by atoms with Gasteiger partial charge in [0, 0.05) is 10.7 Å². The Kier molecular flexibility index (Phi) is 3.68. The molecule has 2 N–H and O–H groups in total. The van der Waals surface area contributed by atoms with Crippen LogP contribution in [0, 0.1) is 11.7 Å². The number of H-pyrrole nitrogens is 2. The Balaban J connectivity index is 1.97. The highest BCUT2D eigenvalue weighted by atomic mass is 35.5. The molecule has 0 saturated heterocycles. The topological polar surface area (TPSA) is 74.7 Å². The van der Waals surface area contributed by atoms with Gasteiger partial charge in [-0.1, -0.05) is 23.7 Å². The highest BCUT2D eigenvalue weighted by molar-refractivity contribution is 7.71. The van der Waals surface area contributed by atoms with E-state index in [0.29, 0.717) is 21.3 Å². The van der Waals surface area contributed by atoms with Crippen molar-refractivity contribution in [3.8, 4) is 11.5 Å². The van der Waals surface area contributed by atoms with Gasteiger partial charge in [-0.05, 0) is 42.9 Å². The van der Waals surface area contributed by atoms with Crippen molar-refractivity contribution >= 4 is 30.0 Å². The van der Waals surface area contributed by atoms with E-state index < -0.39 is 0 Å². The lowest BCUT2D eigenvalue weighted by atomic mass is 10.2. The Hall–Kier alpha value is -2.25. The van der Waals surface area contributed by atoms with Gasteiger partial charge >= 0.3 is 0 Å². The average molecular weight is 319 g/mol. The minimum Gasteiger partial charge on any atom is -0.282 e. The first kappa shape index (κ1) is 13.7. The predicted molar refractivity (Wildman–Crippen MR) is 84.2 cm³/mol. The van der Waals surface area contributed by atoms with Crippen LogP contribution in [-0.2, 0) is 0 Å². The number of hydrogen-bond donors (Lipinski definition) is 2. The summed E-state index contributed by atoms with van der Waals surface area (Å²) < 4.78 is 1.93. The molecule has 3 aromatic rings. The summed E-state index contributed by atoms with van der Waals surface area (Å²) in [6.45, 7) is 1.92. The maximum atomic E-state index is 5.85. The number of rotatable bonds is 3. The molecule has 21 heavy (non-hydrogen) atoms. The number of aryl methyl sites for hydroxylation is 1. The zero-order valence-corrected chi connectivity index (χ0v) is 12.6. The molecule has 0 atom stereocenters. The molecule has 0 aliphatic rings. The number of nitrogens with one attached hydrogen (secondary N) is 2. The van der Waals surface area contributed by atoms with Crippen LogP contribution in [0.2, 0.25) is 5.02 Å². The van der Waals surface area contributed by atoms with E-state index in [-0.39, 0.29) is 0 Å². The molecule has 0 fully saturated rings. The van der Waals surface area contributed by atoms with Crippen LogP contribution in [0.25, 0.3) is 11.5 Å². The molecule has 2 aromatic heterocycles. The quantitative estimate of drug-likeness (QED) is 0.575. The molecule has 0 aliphatic carbocycles. The Morgan fingerprint density at radius 2 is 2.00 bits per heavy atom. The second-order valence-corrected chi connectivity index (χ2v) is 5.22. The number of halogens is 1. The summed E-state index contributed by atoms with van der Waals surface area (Å²) in [5.41, 5.74) is 2.52. The van der Waals surface area contributed by atoms with E-state index in [2.05, 4.69) is 25.5 Å². The summed E-state index contributed by atoms with van der Waals surface area (Å²) in [4.78, 5) is 0. The minimum atomic E-state index is 0.399. The highest BCUT2D eigenvalue weighted by Gasteiger charge is 2.10. The fourth-order valence-corrected chi connectivity index (χ4v) is 2.08. The van der Waals surface area contributed by atoms with Crippen LogP contribution in [0.15, 0.2) is 35.4 Å². The molecular weight excluding hydrogens is 308 g/mol. The molecule has 0 saturated carbocycles. The lowest BCUT2D eigenvalue weighted by Gasteiger charge is -1.97. The predicted octanol–water partition coefficient (Wildman–Crippen LogP) is 3.17. The molecule has 106 valence electrons. The van der Waals surface area contributed by atoms with Crippen molar-refractivity contribution in [2.45, 2.75) is 6.92 Å². The molecule has 1 aromatic carbocycles. The largest absolute Gasteiger partial charge is 0.282 e. The van der Waals surface area contributed by atoms with Crippen molar-refractivity contribution in [1.29, 1.82) is 0 Å². The number of aromatic amines is 2. The third-order valence-corrected chi connectivity index (χ3v) is 3.29. The SMILES string of the molecule is Cc1cc(-c2n[nH]c(=S)n2/N=C\c2ccc(Cl)cc2)n[nH]1. The van der Waals surface area contributed by atoms with E-state index in [4.69, 9.17) is 23.8 Å². The summed E-state index contributed by atoms with van der Waals surface area (Å²) in [5, 5.41) is 18.9. The normalized spacial score (nSPS) is 11.3. The zero-order chi connectivity index (χ0) is 14.8. The molecule has 0 amide bonds. The summed E-state index contributed by atoms with van der Waals surface area (Å²) in [5.74, 6) is 0.551. The molecule has 0 aliphatic heterocycles. The van der Waals surface area contributed by atoms with E-state index >= 15 is 0 Å². The summed E-state index contributed by atoms with van der Waals surface area (Å²) >= 11 is 11.0. The molecule has 0 bridgehead atoms.